The number of aliphatic carboxylic acids is 1. The minimum Gasteiger partial charge on any atom is -0.494 e. The van der Waals surface area contributed by atoms with E-state index in [9.17, 15) is 19.5 Å². The number of aromatic nitrogens is 2. The van der Waals surface area contributed by atoms with E-state index in [1.165, 1.54) is 0 Å². The second-order valence-corrected chi connectivity index (χ2v) is 6.96. The van der Waals surface area contributed by atoms with Gasteiger partial charge in [0, 0.05) is 17.6 Å². The third-order valence-electron chi connectivity index (χ3n) is 4.84. The van der Waals surface area contributed by atoms with Crippen molar-refractivity contribution in [3.8, 4) is 5.88 Å². The molecule has 138 valence electrons. The van der Waals surface area contributed by atoms with Crippen molar-refractivity contribution in [3.05, 3.63) is 61.8 Å². The molecular weight excluding hydrogens is 360 g/mol. The van der Waals surface area contributed by atoms with Gasteiger partial charge in [0.15, 0.2) is 0 Å². The standard InChI is InChI=1S/C18H19ClN2O5/c19-13-3-1-2-11(8-13)6-7-20-15(22)10-16(23)21(18(20)26)14-5-4-12(9-14)17(24)25/h1-3,8,10,12,14,22H,4-7,9H2,(H,24,25)/t12-,14+/m0/s1. The first-order valence-electron chi connectivity index (χ1n) is 8.39. The van der Waals surface area contributed by atoms with Gasteiger partial charge < -0.3 is 10.2 Å². The summed E-state index contributed by atoms with van der Waals surface area (Å²) >= 11 is 5.95. The average molecular weight is 379 g/mol. The molecule has 26 heavy (non-hydrogen) atoms. The van der Waals surface area contributed by atoms with Crippen molar-refractivity contribution in [3.63, 3.8) is 0 Å². The molecule has 2 N–H and O–H groups in total. The number of rotatable bonds is 5. The summed E-state index contributed by atoms with van der Waals surface area (Å²) in [6.45, 7) is 0.181. The number of carboxylic acid groups (broad SMARTS) is 1. The Morgan fingerprint density at radius 1 is 1.23 bits per heavy atom. The number of hydrogen-bond donors (Lipinski definition) is 2. The molecule has 8 heteroatoms. The van der Waals surface area contributed by atoms with E-state index < -0.39 is 35.1 Å². The van der Waals surface area contributed by atoms with Crippen LogP contribution in [-0.4, -0.2) is 25.3 Å². The molecule has 0 aliphatic heterocycles. The van der Waals surface area contributed by atoms with Crippen molar-refractivity contribution < 1.29 is 15.0 Å². The highest BCUT2D eigenvalue weighted by Crippen LogP contribution is 2.33. The maximum atomic E-state index is 12.8. The number of aryl methyl sites for hydroxylation is 1. The molecule has 1 aromatic carbocycles. The van der Waals surface area contributed by atoms with Crippen LogP contribution >= 0.6 is 11.6 Å². The molecule has 0 amide bonds. The molecule has 1 aliphatic carbocycles. The van der Waals surface area contributed by atoms with Crippen LogP contribution in [0.1, 0.15) is 30.9 Å². The highest BCUT2D eigenvalue weighted by atomic mass is 35.5. The number of hydrogen-bond acceptors (Lipinski definition) is 4. The summed E-state index contributed by atoms with van der Waals surface area (Å²) in [5.41, 5.74) is -0.330. The number of carbonyl (C=O) groups is 1. The van der Waals surface area contributed by atoms with E-state index in [2.05, 4.69) is 0 Å². The van der Waals surface area contributed by atoms with Gasteiger partial charge in [-0.3, -0.25) is 18.7 Å². The first kappa shape index (κ1) is 18.3. The predicted octanol–water partition coefficient (Wildman–Crippen LogP) is 2.04. The van der Waals surface area contributed by atoms with E-state index >= 15 is 0 Å². The highest BCUT2D eigenvalue weighted by Gasteiger charge is 2.32. The van der Waals surface area contributed by atoms with E-state index in [1.807, 2.05) is 6.07 Å². The lowest BCUT2D eigenvalue weighted by Gasteiger charge is -2.16. The fourth-order valence-corrected chi connectivity index (χ4v) is 3.69. The smallest absolute Gasteiger partial charge is 0.334 e. The Morgan fingerprint density at radius 3 is 2.65 bits per heavy atom. The Hall–Kier alpha value is -2.54. The maximum Gasteiger partial charge on any atom is 0.334 e. The normalized spacial score (nSPS) is 19.6. The summed E-state index contributed by atoms with van der Waals surface area (Å²) in [4.78, 5) is 36.1. The fourth-order valence-electron chi connectivity index (χ4n) is 3.48. The van der Waals surface area contributed by atoms with Crippen molar-refractivity contribution in [1.29, 1.82) is 0 Å². The van der Waals surface area contributed by atoms with Crippen LogP contribution in [-0.2, 0) is 17.8 Å². The van der Waals surface area contributed by atoms with Gasteiger partial charge in [0.1, 0.15) is 0 Å². The summed E-state index contributed by atoms with van der Waals surface area (Å²) in [6, 6.07) is 7.72. The zero-order valence-corrected chi connectivity index (χ0v) is 14.7. The van der Waals surface area contributed by atoms with Crippen molar-refractivity contribution in [2.75, 3.05) is 0 Å². The van der Waals surface area contributed by atoms with E-state index in [0.29, 0.717) is 24.3 Å². The van der Waals surface area contributed by atoms with Gasteiger partial charge in [-0.2, -0.15) is 0 Å². The summed E-state index contributed by atoms with van der Waals surface area (Å²) in [7, 11) is 0. The van der Waals surface area contributed by atoms with Crippen LogP contribution < -0.4 is 11.2 Å². The Labute approximate surface area is 154 Å². The number of benzene rings is 1. The van der Waals surface area contributed by atoms with E-state index in [4.69, 9.17) is 16.7 Å². The van der Waals surface area contributed by atoms with Crippen molar-refractivity contribution >= 4 is 17.6 Å². The molecule has 1 heterocycles. The summed E-state index contributed by atoms with van der Waals surface area (Å²) < 4.78 is 2.21. The van der Waals surface area contributed by atoms with Crippen LogP contribution in [0.4, 0.5) is 0 Å². The van der Waals surface area contributed by atoms with Gasteiger partial charge in [-0.1, -0.05) is 23.7 Å². The van der Waals surface area contributed by atoms with Gasteiger partial charge in [0.05, 0.1) is 12.0 Å². The summed E-state index contributed by atoms with van der Waals surface area (Å²) in [5, 5.41) is 19.7. The molecule has 2 atom stereocenters. The minimum absolute atomic E-state index is 0.181. The summed E-state index contributed by atoms with van der Waals surface area (Å²) in [6.07, 6.45) is 1.57. The summed E-state index contributed by atoms with van der Waals surface area (Å²) in [5.74, 6) is -1.87. The van der Waals surface area contributed by atoms with Gasteiger partial charge in [-0.05, 0) is 43.4 Å². The SMILES string of the molecule is O=C(O)[C@H]1CC[C@@H](n2c(=O)cc(O)n(CCc3cccc(Cl)c3)c2=O)C1. The molecule has 1 fully saturated rings. The quantitative estimate of drug-likeness (QED) is 0.829. The molecule has 1 saturated carbocycles. The lowest BCUT2D eigenvalue weighted by atomic mass is 10.1. The second kappa shape index (κ2) is 7.37. The molecule has 1 aromatic heterocycles. The molecule has 7 nitrogen and oxygen atoms in total. The zero-order valence-electron chi connectivity index (χ0n) is 14.0. The topological polar surface area (TPSA) is 102 Å². The molecule has 1 aliphatic rings. The Bertz CT molecular complexity index is 949. The van der Waals surface area contributed by atoms with E-state index in [1.54, 1.807) is 18.2 Å². The first-order valence-corrected chi connectivity index (χ1v) is 8.77. The maximum absolute atomic E-state index is 12.8. The predicted molar refractivity (Wildman–Crippen MR) is 95.8 cm³/mol. The molecule has 2 aromatic rings. The molecule has 0 radical (unpaired) electrons. The van der Waals surface area contributed by atoms with Crippen LogP contribution in [0.15, 0.2) is 39.9 Å². The molecule has 0 unspecified atom stereocenters. The average Bonchev–Trinajstić information content (AvgIpc) is 3.04. The van der Waals surface area contributed by atoms with Crippen LogP contribution in [0.3, 0.4) is 0 Å². The van der Waals surface area contributed by atoms with Gasteiger partial charge in [-0.25, -0.2) is 4.79 Å². The second-order valence-electron chi connectivity index (χ2n) is 6.53. The molecule has 0 spiro atoms. The molecular formula is C18H19ClN2O5. The van der Waals surface area contributed by atoms with Gasteiger partial charge in [0.25, 0.3) is 5.56 Å². The molecule has 0 saturated heterocycles. The van der Waals surface area contributed by atoms with Gasteiger partial charge in [0.2, 0.25) is 5.88 Å². The van der Waals surface area contributed by atoms with Crippen LogP contribution in [0.25, 0.3) is 0 Å². The fraction of sp³-hybridized carbons (Fsp3) is 0.389. The van der Waals surface area contributed by atoms with E-state index in [0.717, 1.165) is 20.8 Å². The van der Waals surface area contributed by atoms with E-state index in [-0.39, 0.29) is 13.0 Å². The van der Waals surface area contributed by atoms with Crippen molar-refractivity contribution in [2.45, 2.75) is 38.3 Å². The third-order valence-corrected chi connectivity index (χ3v) is 5.07. The van der Waals surface area contributed by atoms with Crippen molar-refractivity contribution in [2.24, 2.45) is 5.92 Å². The largest absolute Gasteiger partial charge is 0.494 e. The number of halogens is 1. The first-order chi connectivity index (χ1) is 12.4. The Morgan fingerprint density at radius 2 is 2.00 bits per heavy atom. The van der Waals surface area contributed by atoms with Gasteiger partial charge in [-0.15, -0.1) is 0 Å². The Balaban J connectivity index is 1.88. The minimum atomic E-state index is -0.916. The van der Waals surface area contributed by atoms with Crippen molar-refractivity contribution in [1.82, 2.24) is 9.13 Å². The Kier molecular flexibility index (Phi) is 5.18. The van der Waals surface area contributed by atoms with Crippen LogP contribution in [0.2, 0.25) is 5.02 Å². The number of carboxylic acids is 1. The lowest BCUT2D eigenvalue weighted by molar-refractivity contribution is -0.141. The van der Waals surface area contributed by atoms with Crippen LogP contribution in [0.5, 0.6) is 5.88 Å². The van der Waals surface area contributed by atoms with Crippen LogP contribution in [0, 0.1) is 5.92 Å². The highest BCUT2D eigenvalue weighted by molar-refractivity contribution is 6.30. The molecule has 3 rings (SSSR count). The number of nitrogens with zero attached hydrogens (tertiary/aromatic N) is 2. The zero-order chi connectivity index (χ0) is 18.8. The monoisotopic (exact) mass is 378 g/mol. The third kappa shape index (κ3) is 3.67. The van der Waals surface area contributed by atoms with Gasteiger partial charge >= 0.3 is 11.7 Å². The lowest BCUT2D eigenvalue weighted by Crippen LogP contribution is -2.41. The number of aromatic hydroxyl groups is 1. The molecule has 0 bridgehead atoms.